The van der Waals surface area contributed by atoms with Crippen molar-refractivity contribution >= 4 is 67.9 Å². The number of hydrogen-bond donors (Lipinski definition) is 1. The van der Waals surface area contributed by atoms with Gasteiger partial charge in [0.1, 0.15) is 4.21 Å². The number of hydrogen-bond acceptors (Lipinski definition) is 6. The van der Waals surface area contributed by atoms with Crippen molar-refractivity contribution < 1.29 is 18.0 Å². The molecule has 0 saturated carbocycles. The number of benzene rings is 2. The van der Waals surface area contributed by atoms with E-state index < -0.39 is 15.3 Å². The summed E-state index contributed by atoms with van der Waals surface area (Å²) in [6, 6.07) is 16.5. The molecular weight excluding hydrogens is 464 g/mol. The Bertz CT molecular complexity index is 1180. The normalized spacial score (nSPS) is 16.8. The van der Waals surface area contributed by atoms with E-state index in [2.05, 4.69) is 4.72 Å². The molecule has 154 valence electrons. The molecule has 0 spiro atoms. The number of anilines is 2. The monoisotopic (exact) mass is 478 g/mol. The molecule has 0 aliphatic carbocycles. The fourth-order valence-electron chi connectivity index (χ4n) is 2.95. The number of nitrogens with zero attached hydrogens (tertiary/aromatic N) is 1. The first kappa shape index (κ1) is 20.9. The van der Waals surface area contributed by atoms with Crippen molar-refractivity contribution in [3.8, 4) is 0 Å². The number of amides is 2. The van der Waals surface area contributed by atoms with Crippen molar-refractivity contribution in [2.24, 2.45) is 0 Å². The predicted molar refractivity (Wildman–Crippen MR) is 120 cm³/mol. The molecule has 1 aliphatic rings. The number of sulfonamides is 1. The van der Waals surface area contributed by atoms with Crippen molar-refractivity contribution in [3.05, 3.63) is 71.1 Å². The number of thiophene rings is 1. The SMILES string of the molecule is O=C1CC(Sc2ccc(NS(=O)(=O)c3cccs3)cc2)C(=O)N1c1ccc(Cl)cc1. The Labute approximate surface area is 186 Å². The van der Waals surface area contributed by atoms with Gasteiger partial charge in [0.2, 0.25) is 11.8 Å². The number of carbonyl (C=O) groups excluding carboxylic acids is 2. The molecule has 1 aliphatic heterocycles. The second-order valence-electron chi connectivity index (χ2n) is 6.42. The standard InChI is InChI=1S/C20H15ClN2O4S3/c21-13-3-7-15(8-4-13)23-18(24)12-17(20(23)25)29-16-9-5-14(6-10-16)22-30(26,27)19-2-1-11-28-19/h1-11,17,22H,12H2. The molecule has 2 aromatic carbocycles. The van der Waals surface area contributed by atoms with E-state index in [0.717, 1.165) is 16.2 Å². The van der Waals surface area contributed by atoms with Gasteiger partial charge >= 0.3 is 0 Å². The molecule has 1 unspecified atom stereocenters. The lowest BCUT2D eigenvalue weighted by molar-refractivity contribution is -0.121. The van der Waals surface area contributed by atoms with Crippen LogP contribution in [0.3, 0.4) is 0 Å². The summed E-state index contributed by atoms with van der Waals surface area (Å²) < 4.78 is 27.3. The molecule has 1 saturated heterocycles. The molecule has 0 bridgehead atoms. The number of thioether (sulfide) groups is 1. The lowest BCUT2D eigenvalue weighted by Crippen LogP contribution is -2.31. The minimum atomic E-state index is -3.62. The Hall–Kier alpha value is -2.33. The van der Waals surface area contributed by atoms with Crippen LogP contribution in [0.1, 0.15) is 6.42 Å². The van der Waals surface area contributed by atoms with Crippen LogP contribution in [-0.4, -0.2) is 25.5 Å². The molecule has 6 nitrogen and oxygen atoms in total. The molecule has 10 heteroatoms. The average molecular weight is 479 g/mol. The van der Waals surface area contributed by atoms with E-state index in [9.17, 15) is 18.0 Å². The highest BCUT2D eigenvalue weighted by atomic mass is 35.5. The maximum Gasteiger partial charge on any atom is 0.271 e. The van der Waals surface area contributed by atoms with Crippen LogP contribution >= 0.6 is 34.7 Å². The predicted octanol–water partition coefficient (Wildman–Crippen LogP) is 4.63. The second kappa shape index (κ2) is 8.43. The third-order valence-electron chi connectivity index (χ3n) is 4.33. The van der Waals surface area contributed by atoms with E-state index in [1.54, 1.807) is 60.0 Å². The highest BCUT2D eigenvalue weighted by molar-refractivity contribution is 8.00. The lowest BCUT2D eigenvalue weighted by atomic mass is 10.3. The van der Waals surface area contributed by atoms with E-state index >= 15 is 0 Å². The minimum absolute atomic E-state index is 0.0961. The fourth-order valence-corrected chi connectivity index (χ4v) is 6.18. The van der Waals surface area contributed by atoms with Gasteiger partial charge in [0, 0.05) is 22.0 Å². The number of carbonyl (C=O) groups is 2. The van der Waals surface area contributed by atoms with Crippen LogP contribution in [-0.2, 0) is 19.6 Å². The Morgan fingerprint density at radius 2 is 1.73 bits per heavy atom. The van der Waals surface area contributed by atoms with Gasteiger partial charge in [-0.2, -0.15) is 0 Å². The summed E-state index contributed by atoms with van der Waals surface area (Å²) in [6.45, 7) is 0. The number of imide groups is 1. The van der Waals surface area contributed by atoms with Crippen molar-refractivity contribution in [2.75, 3.05) is 9.62 Å². The molecule has 2 heterocycles. The van der Waals surface area contributed by atoms with Crippen LogP contribution in [0.4, 0.5) is 11.4 Å². The van der Waals surface area contributed by atoms with Gasteiger partial charge in [-0.05, 0) is 60.0 Å². The number of rotatable bonds is 6. The van der Waals surface area contributed by atoms with Crippen molar-refractivity contribution in [1.29, 1.82) is 0 Å². The first-order valence-corrected chi connectivity index (χ1v) is 12.4. The molecule has 1 fully saturated rings. The lowest BCUT2D eigenvalue weighted by Gasteiger charge is -2.15. The van der Waals surface area contributed by atoms with E-state index in [1.807, 2.05) is 0 Å². The zero-order valence-corrected chi connectivity index (χ0v) is 18.5. The van der Waals surface area contributed by atoms with Gasteiger partial charge in [-0.25, -0.2) is 13.3 Å². The second-order valence-corrected chi connectivity index (χ2v) is 11.0. The quantitative estimate of drug-likeness (QED) is 0.522. The van der Waals surface area contributed by atoms with E-state index in [-0.39, 0.29) is 22.4 Å². The number of halogens is 1. The summed E-state index contributed by atoms with van der Waals surface area (Å²) in [5.74, 6) is -0.546. The van der Waals surface area contributed by atoms with Gasteiger partial charge in [-0.15, -0.1) is 23.1 Å². The Kier molecular flexibility index (Phi) is 5.88. The summed E-state index contributed by atoms with van der Waals surface area (Å²) in [7, 11) is -3.62. The maximum atomic E-state index is 12.8. The van der Waals surface area contributed by atoms with Crippen LogP contribution in [0.15, 0.2) is 75.1 Å². The van der Waals surface area contributed by atoms with Gasteiger partial charge in [-0.1, -0.05) is 17.7 Å². The van der Waals surface area contributed by atoms with Crippen LogP contribution < -0.4 is 9.62 Å². The van der Waals surface area contributed by atoms with Gasteiger partial charge in [0.25, 0.3) is 10.0 Å². The molecule has 3 aromatic rings. The van der Waals surface area contributed by atoms with Gasteiger partial charge in [0.15, 0.2) is 0 Å². The smallest absolute Gasteiger partial charge is 0.271 e. The van der Waals surface area contributed by atoms with Gasteiger partial charge < -0.3 is 0 Å². The summed E-state index contributed by atoms with van der Waals surface area (Å²) >= 11 is 8.29. The summed E-state index contributed by atoms with van der Waals surface area (Å²) in [5, 5.41) is 1.68. The molecule has 1 aromatic heterocycles. The van der Waals surface area contributed by atoms with Gasteiger partial charge in [0.05, 0.1) is 10.9 Å². The molecule has 1 N–H and O–H groups in total. The van der Waals surface area contributed by atoms with Crippen LogP contribution in [0.25, 0.3) is 0 Å². The molecule has 2 amide bonds. The molecule has 30 heavy (non-hydrogen) atoms. The van der Waals surface area contributed by atoms with Crippen LogP contribution in [0.2, 0.25) is 5.02 Å². The van der Waals surface area contributed by atoms with Crippen molar-refractivity contribution in [1.82, 2.24) is 0 Å². The Morgan fingerprint density at radius 1 is 1.03 bits per heavy atom. The Balaban J connectivity index is 1.44. The topological polar surface area (TPSA) is 83.5 Å². The maximum absolute atomic E-state index is 12.8. The minimum Gasteiger partial charge on any atom is -0.279 e. The summed E-state index contributed by atoms with van der Waals surface area (Å²) in [5.41, 5.74) is 0.917. The van der Waals surface area contributed by atoms with Crippen molar-refractivity contribution in [2.45, 2.75) is 20.8 Å². The average Bonchev–Trinajstić information content (AvgIpc) is 3.34. The van der Waals surface area contributed by atoms with Crippen LogP contribution in [0, 0.1) is 0 Å². The van der Waals surface area contributed by atoms with Gasteiger partial charge in [-0.3, -0.25) is 14.3 Å². The molecule has 4 rings (SSSR count). The molecular formula is C20H15ClN2O4S3. The summed E-state index contributed by atoms with van der Waals surface area (Å²) in [6.07, 6.45) is 0.0961. The first-order valence-electron chi connectivity index (χ1n) is 8.79. The zero-order valence-electron chi connectivity index (χ0n) is 15.3. The number of nitrogens with one attached hydrogen (secondary N) is 1. The van der Waals surface area contributed by atoms with E-state index in [1.165, 1.54) is 22.7 Å². The van der Waals surface area contributed by atoms with Crippen LogP contribution in [0.5, 0.6) is 0 Å². The van der Waals surface area contributed by atoms with E-state index in [4.69, 9.17) is 11.6 Å². The third kappa shape index (κ3) is 4.39. The Morgan fingerprint density at radius 3 is 2.37 bits per heavy atom. The molecule has 0 radical (unpaired) electrons. The zero-order chi connectivity index (χ0) is 21.3. The third-order valence-corrected chi connectivity index (χ3v) is 8.56. The first-order chi connectivity index (χ1) is 14.3. The molecule has 1 atom stereocenters. The van der Waals surface area contributed by atoms with Crippen molar-refractivity contribution in [3.63, 3.8) is 0 Å². The van der Waals surface area contributed by atoms with E-state index in [0.29, 0.717) is 16.4 Å². The fraction of sp³-hybridized carbons (Fsp3) is 0.100. The largest absolute Gasteiger partial charge is 0.279 e. The summed E-state index contributed by atoms with van der Waals surface area (Å²) in [4.78, 5) is 27.1. The highest BCUT2D eigenvalue weighted by Gasteiger charge is 2.40. The highest BCUT2D eigenvalue weighted by Crippen LogP contribution is 2.35.